The number of rotatable bonds is 7. The molecule has 0 saturated carbocycles. The van der Waals surface area contributed by atoms with Gasteiger partial charge < -0.3 is 20.9 Å². The fourth-order valence-electron chi connectivity index (χ4n) is 2.69. The number of guanidine groups is 1. The molecule has 6 heteroatoms. The molecule has 24 heavy (non-hydrogen) atoms. The normalized spacial score (nSPS) is 12.1. The lowest BCUT2D eigenvalue weighted by atomic mass is 10.1. The fraction of sp³-hybridized carbons (Fsp3) is 0.444. The molecule has 2 aromatic rings. The number of nitrogens with zero attached hydrogens (tertiary/aromatic N) is 2. The van der Waals surface area contributed by atoms with Gasteiger partial charge >= 0.3 is 0 Å². The van der Waals surface area contributed by atoms with E-state index in [9.17, 15) is 4.79 Å². The second kappa shape index (κ2) is 8.49. The van der Waals surface area contributed by atoms with Gasteiger partial charge in [0, 0.05) is 17.4 Å². The van der Waals surface area contributed by atoms with Crippen LogP contribution in [0.25, 0.3) is 10.9 Å². The number of fused-ring (bicyclic) bond motifs is 1. The predicted octanol–water partition coefficient (Wildman–Crippen LogP) is 2.25. The summed E-state index contributed by atoms with van der Waals surface area (Å²) in [6.45, 7) is 10.1. The summed E-state index contributed by atoms with van der Waals surface area (Å²) in [5.41, 5.74) is 8.31. The van der Waals surface area contributed by atoms with Crippen LogP contribution in [0.15, 0.2) is 29.3 Å². The van der Waals surface area contributed by atoms with Crippen LogP contribution in [0, 0.1) is 6.92 Å². The smallest absolute Gasteiger partial charge is 0.296 e. The van der Waals surface area contributed by atoms with Crippen LogP contribution in [0.4, 0.5) is 0 Å². The molecule has 0 saturated heterocycles. The first kappa shape index (κ1) is 18.0. The van der Waals surface area contributed by atoms with Crippen molar-refractivity contribution in [1.82, 2.24) is 15.2 Å². The summed E-state index contributed by atoms with van der Waals surface area (Å²) in [5, 5.41) is 4.03. The highest BCUT2D eigenvalue weighted by molar-refractivity contribution is 6.04. The molecule has 1 aromatic heterocycles. The van der Waals surface area contributed by atoms with Gasteiger partial charge in [-0.2, -0.15) is 4.99 Å². The number of carbonyl (C=O) groups excluding carboxylic acids is 1. The van der Waals surface area contributed by atoms with Crippen molar-refractivity contribution in [3.8, 4) is 0 Å². The minimum absolute atomic E-state index is 0.162. The number of amides is 1. The van der Waals surface area contributed by atoms with E-state index in [-0.39, 0.29) is 11.9 Å². The van der Waals surface area contributed by atoms with Gasteiger partial charge in [-0.1, -0.05) is 26.0 Å². The molecule has 0 aliphatic rings. The Balaban J connectivity index is 1.91. The molecule has 0 radical (unpaired) electrons. The SMILES string of the molecule is CCN(CC)CCCNC(N)=NC(=O)c1cc2c(C)cccc2[nH]1. The molecule has 130 valence electrons. The highest BCUT2D eigenvalue weighted by Crippen LogP contribution is 2.19. The predicted molar refractivity (Wildman–Crippen MR) is 99.4 cm³/mol. The number of aromatic amines is 1. The van der Waals surface area contributed by atoms with Gasteiger partial charge in [-0.3, -0.25) is 4.79 Å². The second-order valence-electron chi connectivity index (χ2n) is 5.83. The minimum atomic E-state index is -0.362. The molecule has 0 spiro atoms. The van der Waals surface area contributed by atoms with Gasteiger partial charge in [0.05, 0.1) is 0 Å². The Labute approximate surface area is 143 Å². The second-order valence-corrected chi connectivity index (χ2v) is 5.83. The van der Waals surface area contributed by atoms with Crippen molar-refractivity contribution in [2.24, 2.45) is 10.7 Å². The van der Waals surface area contributed by atoms with Crippen LogP contribution in [0.2, 0.25) is 0 Å². The summed E-state index contributed by atoms with van der Waals surface area (Å²) in [4.78, 5) is 21.6. The molecule has 0 fully saturated rings. The maximum absolute atomic E-state index is 12.2. The summed E-state index contributed by atoms with van der Waals surface area (Å²) < 4.78 is 0. The van der Waals surface area contributed by atoms with E-state index in [0.717, 1.165) is 42.5 Å². The first-order valence-electron chi connectivity index (χ1n) is 8.48. The highest BCUT2D eigenvalue weighted by atomic mass is 16.1. The summed E-state index contributed by atoms with van der Waals surface area (Å²) >= 11 is 0. The molecule has 0 bridgehead atoms. The van der Waals surface area contributed by atoms with E-state index in [1.165, 1.54) is 0 Å². The van der Waals surface area contributed by atoms with Crippen LogP contribution < -0.4 is 11.1 Å². The van der Waals surface area contributed by atoms with E-state index in [1.54, 1.807) is 0 Å². The molecule has 0 aliphatic carbocycles. The van der Waals surface area contributed by atoms with Crippen molar-refractivity contribution in [1.29, 1.82) is 0 Å². The van der Waals surface area contributed by atoms with Crippen molar-refractivity contribution in [3.05, 3.63) is 35.5 Å². The monoisotopic (exact) mass is 329 g/mol. The number of aromatic nitrogens is 1. The number of carbonyl (C=O) groups is 1. The van der Waals surface area contributed by atoms with Crippen LogP contribution >= 0.6 is 0 Å². The lowest BCUT2D eigenvalue weighted by molar-refractivity contribution is 0.0998. The van der Waals surface area contributed by atoms with E-state index < -0.39 is 0 Å². The van der Waals surface area contributed by atoms with E-state index >= 15 is 0 Å². The number of aliphatic imine (C=N–C) groups is 1. The number of hydrogen-bond acceptors (Lipinski definition) is 2. The average molecular weight is 329 g/mol. The number of aryl methyl sites for hydroxylation is 1. The molecule has 0 unspecified atom stereocenters. The molecule has 1 heterocycles. The van der Waals surface area contributed by atoms with Gasteiger partial charge in [-0.15, -0.1) is 0 Å². The van der Waals surface area contributed by atoms with Gasteiger partial charge in [0.2, 0.25) is 0 Å². The lowest BCUT2D eigenvalue weighted by Crippen LogP contribution is -2.35. The van der Waals surface area contributed by atoms with Crippen molar-refractivity contribution in [2.75, 3.05) is 26.2 Å². The molecular formula is C18H27N5O. The van der Waals surface area contributed by atoms with Gasteiger partial charge in [0.25, 0.3) is 5.91 Å². The van der Waals surface area contributed by atoms with E-state index in [1.807, 2.05) is 31.2 Å². The zero-order valence-corrected chi connectivity index (χ0v) is 14.7. The van der Waals surface area contributed by atoms with Crippen LogP contribution in [-0.2, 0) is 0 Å². The Hall–Kier alpha value is -2.34. The number of nitrogens with two attached hydrogens (primary N) is 1. The molecule has 4 N–H and O–H groups in total. The third-order valence-corrected chi connectivity index (χ3v) is 4.19. The summed E-state index contributed by atoms with van der Waals surface area (Å²) in [5.74, 6) is -0.200. The number of nitrogens with one attached hydrogen (secondary N) is 2. The molecule has 1 amide bonds. The van der Waals surface area contributed by atoms with Crippen LogP contribution in [0.1, 0.15) is 36.3 Å². The van der Waals surface area contributed by atoms with Crippen LogP contribution in [0.3, 0.4) is 0 Å². The molecular weight excluding hydrogens is 302 g/mol. The Morgan fingerprint density at radius 2 is 2.08 bits per heavy atom. The van der Waals surface area contributed by atoms with Gasteiger partial charge in [-0.05, 0) is 50.7 Å². The largest absolute Gasteiger partial charge is 0.370 e. The number of H-pyrrole nitrogens is 1. The number of benzene rings is 1. The maximum Gasteiger partial charge on any atom is 0.296 e. The highest BCUT2D eigenvalue weighted by Gasteiger charge is 2.10. The molecule has 1 aromatic carbocycles. The Morgan fingerprint density at radius 1 is 1.33 bits per heavy atom. The standard InChI is InChI=1S/C18H27N5O/c1-4-23(5-2)11-7-10-20-18(19)22-17(24)16-12-14-13(3)8-6-9-15(14)21-16/h6,8-9,12,21H,4-5,7,10-11H2,1-3H3,(H3,19,20,22,24). The summed E-state index contributed by atoms with van der Waals surface area (Å²) in [7, 11) is 0. The Bertz CT molecular complexity index is 715. The van der Waals surface area contributed by atoms with Gasteiger partial charge in [-0.25, -0.2) is 0 Å². The van der Waals surface area contributed by atoms with E-state index in [0.29, 0.717) is 12.2 Å². The molecule has 2 rings (SSSR count). The van der Waals surface area contributed by atoms with Crippen molar-refractivity contribution in [3.63, 3.8) is 0 Å². The quantitative estimate of drug-likeness (QED) is 0.413. The third kappa shape index (κ3) is 4.58. The van der Waals surface area contributed by atoms with Crippen LogP contribution in [0.5, 0.6) is 0 Å². The molecule has 0 aliphatic heterocycles. The third-order valence-electron chi connectivity index (χ3n) is 4.19. The maximum atomic E-state index is 12.2. The van der Waals surface area contributed by atoms with Crippen molar-refractivity contribution < 1.29 is 4.79 Å². The first-order chi connectivity index (χ1) is 11.5. The fourth-order valence-corrected chi connectivity index (χ4v) is 2.69. The van der Waals surface area contributed by atoms with Crippen LogP contribution in [-0.4, -0.2) is 47.9 Å². The topological polar surface area (TPSA) is 86.5 Å². The lowest BCUT2D eigenvalue weighted by Gasteiger charge is -2.17. The van der Waals surface area contributed by atoms with Crippen molar-refractivity contribution in [2.45, 2.75) is 27.2 Å². The van der Waals surface area contributed by atoms with Crippen molar-refractivity contribution >= 4 is 22.8 Å². The average Bonchev–Trinajstić information content (AvgIpc) is 3.01. The molecule has 6 nitrogen and oxygen atoms in total. The number of hydrogen-bond donors (Lipinski definition) is 3. The zero-order chi connectivity index (χ0) is 17.5. The molecule has 0 atom stereocenters. The van der Waals surface area contributed by atoms with Gasteiger partial charge in [0.1, 0.15) is 5.69 Å². The zero-order valence-electron chi connectivity index (χ0n) is 14.7. The Kier molecular flexibility index (Phi) is 6.37. The van der Waals surface area contributed by atoms with Gasteiger partial charge in [0.15, 0.2) is 5.96 Å². The van der Waals surface area contributed by atoms with E-state index in [4.69, 9.17) is 5.73 Å². The first-order valence-corrected chi connectivity index (χ1v) is 8.48. The summed E-state index contributed by atoms with van der Waals surface area (Å²) in [6, 6.07) is 7.73. The van der Waals surface area contributed by atoms with E-state index in [2.05, 4.69) is 34.0 Å². The minimum Gasteiger partial charge on any atom is -0.370 e. The Morgan fingerprint density at radius 3 is 2.75 bits per heavy atom. The summed E-state index contributed by atoms with van der Waals surface area (Å²) in [6.07, 6.45) is 0.956.